The Morgan fingerprint density at radius 1 is 0.755 bits per heavy atom. The molecule has 13 N–H and O–H groups in total. The van der Waals surface area contributed by atoms with Crippen LogP contribution in [-0.2, 0) is 28.8 Å². The Balaban J connectivity index is 3.25. The van der Waals surface area contributed by atoms with E-state index >= 15 is 0 Å². The average molecular weight is 793 g/mol. The summed E-state index contributed by atoms with van der Waals surface area (Å²) in [7, 11) is 0. The van der Waals surface area contributed by atoms with Gasteiger partial charge in [0.05, 0.1) is 6.61 Å². The van der Waals surface area contributed by atoms with Gasteiger partial charge in [-0.25, -0.2) is 0 Å². The number of nitrogens with one attached hydrogen (secondary N) is 5. The third-order valence-corrected chi connectivity index (χ3v) is 10.1. The number of aliphatic imine (C=N–C) groups is 1. The number of aldehydes is 1. The number of hydrogen-bond donors (Lipinski definition) is 11. The summed E-state index contributed by atoms with van der Waals surface area (Å²) in [6.07, 6.45) is 4.06. The summed E-state index contributed by atoms with van der Waals surface area (Å²) in [5.74, 6) is -2.32. The van der Waals surface area contributed by atoms with Gasteiger partial charge in [0, 0.05) is 13.5 Å². The fraction of sp³-hybridized carbons (Fsp3) is 0.788. The van der Waals surface area contributed by atoms with Crippen LogP contribution in [0.3, 0.4) is 0 Å². The lowest BCUT2D eigenvalue weighted by atomic mass is 9.84. The summed E-state index contributed by atoms with van der Waals surface area (Å²) in [5, 5.41) is 52.2. The van der Waals surface area contributed by atoms with Gasteiger partial charge in [-0.15, -0.1) is 0 Å². The number of carbonyl (C=O) groups excluding carboxylic acids is 6. The van der Waals surface area contributed by atoms with Crippen molar-refractivity contribution in [2.24, 2.45) is 22.4 Å². The van der Waals surface area contributed by atoms with Crippen LogP contribution in [0.1, 0.15) is 71.1 Å². The molecular formula is C33H60N8O10S2. The van der Waals surface area contributed by atoms with Crippen LogP contribution in [0.5, 0.6) is 0 Å². The van der Waals surface area contributed by atoms with Gasteiger partial charge in [0.25, 0.3) is 0 Å². The fourth-order valence-electron chi connectivity index (χ4n) is 5.84. The van der Waals surface area contributed by atoms with E-state index in [0.717, 1.165) is 32.1 Å². The van der Waals surface area contributed by atoms with Gasteiger partial charge in [-0.1, -0.05) is 32.1 Å². The lowest BCUT2D eigenvalue weighted by Gasteiger charge is -2.29. The maximum Gasteiger partial charge on any atom is 0.243 e. The average Bonchev–Trinajstić information content (AvgIpc) is 3.13. The van der Waals surface area contributed by atoms with Crippen LogP contribution in [0.4, 0.5) is 0 Å². The molecular weight excluding hydrogens is 733 g/mol. The molecule has 0 aromatic carbocycles. The second-order valence-corrected chi connectivity index (χ2v) is 15.1. The first-order valence-corrected chi connectivity index (χ1v) is 20.6. The molecule has 20 heteroatoms. The van der Waals surface area contributed by atoms with Crippen LogP contribution < -0.4 is 38.1 Å². The van der Waals surface area contributed by atoms with Crippen molar-refractivity contribution in [3.05, 3.63) is 0 Å². The zero-order valence-electron chi connectivity index (χ0n) is 30.8. The Kier molecular flexibility index (Phi) is 24.0. The number of rotatable bonds is 26. The number of guanidine groups is 1. The van der Waals surface area contributed by atoms with Gasteiger partial charge in [0.2, 0.25) is 29.5 Å². The van der Waals surface area contributed by atoms with Crippen molar-refractivity contribution in [2.75, 3.05) is 37.2 Å². The largest absolute Gasteiger partial charge is 0.394 e. The molecule has 0 heterocycles. The number of hydrogen-bond acceptors (Lipinski definition) is 13. The summed E-state index contributed by atoms with van der Waals surface area (Å²) < 4.78 is 0. The van der Waals surface area contributed by atoms with Crippen molar-refractivity contribution in [2.45, 2.75) is 120 Å². The number of aliphatic hydroxyl groups excluding tert-OH is 4. The van der Waals surface area contributed by atoms with Crippen molar-refractivity contribution in [3.8, 4) is 0 Å². The highest BCUT2D eigenvalue weighted by molar-refractivity contribution is 7.98. The summed E-state index contributed by atoms with van der Waals surface area (Å²) in [6, 6.07) is -6.13. The Hall–Kier alpha value is -3.17. The van der Waals surface area contributed by atoms with Crippen LogP contribution in [0.25, 0.3) is 0 Å². The highest BCUT2D eigenvalue weighted by Crippen LogP contribution is 2.27. The van der Waals surface area contributed by atoms with Crippen LogP contribution >= 0.6 is 23.5 Å². The van der Waals surface area contributed by atoms with E-state index in [0.29, 0.717) is 17.9 Å². The molecule has 0 saturated heterocycles. The third kappa shape index (κ3) is 18.6. The summed E-state index contributed by atoms with van der Waals surface area (Å²) in [6.45, 7) is 0.563. The SMILES string of the molecule is CSCC[C@H](NC(=O)[C@H](CCCN=C(N)N)NC(=O)[C@H](CC1CCCCC1)NC(C)=O)C(=O)N[C@@H](CCSC)C(=O)N[C@@H](C=O)[C@@H](O)[C@@H](O)[C@H](O)CO. The highest BCUT2D eigenvalue weighted by atomic mass is 32.2. The van der Waals surface area contributed by atoms with E-state index in [1.54, 1.807) is 12.5 Å². The summed E-state index contributed by atoms with van der Waals surface area (Å²) >= 11 is 2.78. The van der Waals surface area contributed by atoms with Crippen LogP contribution in [-0.4, -0.2) is 148 Å². The predicted molar refractivity (Wildman–Crippen MR) is 204 cm³/mol. The highest BCUT2D eigenvalue weighted by Gasteiger charge is 2.35. The Morgan fingerprint density at radius 2 is 1.25 bits per heavy atom. The summed E-state index contributed by atoms with van der Waals surface area (Å²) in [5.41, 5.74) is 10.9. The number of aliphatic hydroxyl groups is 4. The molecule has 5 amide bonds. The van der Waals surface area contributed by atoms with Crippen molar-refractivity contribution < 1.29 is 49.2 Å². The first-order chi connectivity index (χ1) is 25.2. The van der Waals surface area contributed by atoms with E-state index in [1.165, 1.54) is 30.4 Å². The lowest BCUT2D eigenvalue weighted by molar-refractivity contribution is -0.136. The third-order valence-electron chi connectivity index (χ3n) is 8.81. The molecule has 0 aliphatic heterocycles. The topological polar surface area (TPSA) is 308 Å². The minimum atomic E-state index is -1.98. The Bertz CT molecular complexity index is 1190. The maximum absolute atomic E-state index is 13.8. The molecule has 0 radical (unpaired) electrons. The quantitative estimate of drug-likeness (QED) is 0.0183. The second kappa shape index (κ2) is 26.6. The molecule has 18 nitrogen and oxygen atoms in total. The van der Waals surface area contributed by atoms with Crippen molar-refractivity contribution in [1.29, 1.82) is 0 Å². The zero-order chi connectivity index (χ0) is 39.9. The number of nitrogens with two attached hydrogens (primary N) is 2. The van der Waals surface area contributed by atoms with Gasteiger partial charge in [-0.2, -0.15) is 23.5 Å². The molecule has 8 atom stereocenters. The van der Waals surface area contributed by atoms with Crippen molar-refractivity contribution in [3.63, 3.8) is 0 Å². The van der Waals surface area contributed by atoms with E-state index in [4.69, 9.17) is 16.6 Å². The van der Waals surface area contributed by atoms with Gasteiger partial charge < -0.3 is 63.3 Å². The lowest BCUT2D eigenvalue weighted by Crippen LogP contribution is -2.60. The van der Waals surface area contributed by atoms with E-state index in [-0.39, 0.29) is 50.4 Å². The molecule has 304 valence electrons. The molecule has 0 unspecified atom stereocenters. The number of amides is 5. The minimum Gasteiger partial charge on any atom is -0.394 e. The Morgan fingerprint density at radius 3 is 1.70 bits per heavy atom. The molecule has 1 rings (SSSR count). The van der Waals surface area contributed by atoms with E-state index in [9.17, 15) is 44.1 Å². The molecule has 0 aromatic heterocycles. The second-order valence-electron chi connectivity index (χ2n) is 13.1. The fourth-order valence-corrected chi connectivity index (χ4v) is 6.79. The smallest absolute Gasteiger partial charge is 0.243 e. The molecule has 0 spiro atoms. The maximum atomic E-state index is 13.8. The first-order valence-electron chi connectivity index (χ1n) is 17.8. The Labute approximate surface area is 319 Å². The molecule has 1 fully saturated rings. The standard InChI is InChI=1S/C33H60N8O10S2/c1-19(44)37-24(16-20-8-5-4-6-9-20)32(51)38-21(10-7-13-36-33(34)35)29(48)39-22(11-14-52-2)30(49)40-23(12-15-53-3)31(50)41-25(17-42)27(46)28(47)26(45)18-43/h17,20-28,43,45-47H,4-16,18H2,1-3H3,(H,37,44)(H,38,51)(H,39,48)(H,40,49)(H,41,50)(H4,34,35,36)/t21-,22-,23-,24-,25-,26+,27+,28-/m0/s1. The summed E-state index contributed by atoms with van der Waals surface area (Å²) in [4.78, 5) is 82.1. The van der Waals surface area contributed by atoms with E-state index in [2.05, 4.69) is 31.6 Å². The van der Waals surface area contributed by atoms with Gasteiger partial charge >= 0.3 is 0 Å². The predicted octanol–water partition coefficient (Wildman–Crippen LogP) is -2.77. The number of thioether (sulfide) groups is 2. The van der Waals surface area contributed by atoms with Crippen LogP contribution in [0.15, 0.2) is 4.99 Å². The normalized spacial score (nSPS) is 17.7. The molecule has 53 heavy (non-hydrogen) atoms. The van der Waals surface area contributed by atoms with Gasteiger partial charge in [-0.3, -0.25) is 29.0 Å². The van der Waals surface area contributed by atoms with E-state index < -0.39 is 84.7 Å². The number of nitrogens with zero attached hydrogens (tertiary/aromatic N) is 1. The van der Waals surface area contributed by atoms with Crippen molar-refractivity contribution in [1.82, 2.24) is 26.6 Å². The molecule has 0 bridgehead atoms. The molecule has 1 saturated carbocycles. The molecule has 0 aromatic rings. The van der Waals surface area contributed by atoms with E-state index in [1.807, 2.05) is 0 Å². The zero-order valence-corrected chi connectivity index (χ0v) is 32.5. The number of carbonyl (C=O) groups is 6. The monoisotopic (exact) mass is 792 g/mol. The molecule has 1 aliphatic rings. The van der Waals surface area contributed by atoms with Crippen molar-refractivity contribution >= 4 is 65.3 Å². The van der Waals surface area contributed by atoms with Gasteiger partial charge in [-0.05, 0) is 62.0 Å². The molecule has 1 aliphatic carbocycles. The van der Waals surface area contributed by atoms with Crippen LogP contribution in [0, 0.1) is 5.92 Å². The van der Waals surface area contributed by atoms with Gasteiger partial charge in [0.1, 0.15) is 54.8 Å². The first kappa shape index (κ1) is 47.9. The minimum absolute atomic E-state index is 0.0838. The van der Waals surface area contributed by atoms with Crippen LogP contribution in [0.2, 0.25) is 0 Å². The van der Waals surface area contributed by atoms with Gasteiger partial charge in [0.15, 0.2) is 5.96 Å².